The molecule has 0 aliphatic heterocycles. The molecule has 1 aromatic carbocycles. The Labute approximate surface area is 111 Å². The molecule has 0 heterocycles. The molecule has 0 fully saturated rings. The first kappa shape index (κ1) is 14.6. The molecule has 17 heavy (non-hydrogen) atoms. The van der Waals surface area contributed by atoms with Gasteiger partial charge in [-0.05, 0) is 31.8 Å². The van der Waals surface area contributed by atoms with Gasteiger partial charge in [0.2, 0.25) is 10.0 Å². The first-order valence-corrected chi connectivity index (χ1v) is 7.70. The molecule has 0 aliphatic rings. The van der Waals surface area contributed by atoms with Gasteiger partial charge in [0.05, 0.1) is 5.75 Å². The molecule has 96 valence electrons. The molecule has 0 aromatic heterocycles. The summed E-state index contributed by atoms with van der Waals surface area (Å²) >= 11 is 3.32. The molecule has 1 N–H and O–H groups in total. The number of hydrogen-bond donors (Lipinski definition) is 1. The number of benzene rings is 1. The van der Waals surface area contributed by atoms with Gasteiger partial charge >= 0.3 is 0 Å². The first-order valence-electron chi connectivity index (χ1n) is 5.25. The summed E-state index contributed by atoms with van der Waals surface area (Å²) in [7, 11) is 0.566. The fourth-order valence-electron chi connectivity index (χ4n) is 1.32. The summed E-state index contributed by atoms with van der Waals surface area (Å²) in [5, 5.41) is 0. The van der Waals surface area contributed by atoms with Crippen molar-refractivity contribution in [3.05, 3.63) is 34.3 Å². The normalized spacial score (nSPS) is 12.0. The molecule has 0 bridgehead atoms. The van der Waals surface area contributed by atoms with Crippen LogP contribution in [0.25, 0.3) is 0 Å². The Bertz CT molecular complexity index is 460. The Morgan fingerprint density at radius 1 is 1.35 bits per heavy atom. The van der Waals surface area contributed by atoms with Gasteiger partial charge in [-0.2, -0.15) is 0 Å². The van der Waals surface area contributed by atoms with Crippen LogP contribution in [0.4, 0.5) is 0 Å². The van der Waals surface area contributed by atoms with Crippen molar-refractivity contribution >= 4 is 26.0 Å². The molecule has 4 nitrogen and oxygen atoms in total. The second-order valence-electron chi connectivity index (χ2n) is 4.09. The third-order valence-electron chi connectivity index (χ3n) is 2.13. The Kier molecular flexibility index (Phi) is 5.58. The molecule has 1 rings (SSSR count). The number of nitrogens with zero attached hydrogens (tertiary/aromatic N) is 1. The summed E-state index contributed by atoms with van der Waals surface area (Å²) in [6.45, 7) is 1.13. The number of halogens is 1. The number of likely N-dealkylation sites (N-methyl/N-ethyl adjacent to an activating group) is 1. The van der Waals surface area contributed by atoms with Gasteiger partial charge in [0, 0.05) is 17.6 Å². The summed E-state index contributed by atoms with van der Waals surface area (Å²) in [5.41, 5.74) is 0.775. The van der Waals surface area contributed by atoms with Crippen molar-refractivity contribution in [1.82, 2.24) is 9.62 Å². The van der Waals surface area contributed by atoms with Crippen molar-refractivity contribution in [2.75, 3.05) is 27.2 Å². The highest BCUT2D eigenvalue weighted by Crippen LogP contribution is 2.13. The number of rotatable bonds is 6. The van der Waals surface area contributed by atoms with E-state index in [1.165, 1.54) is 0 Å². The molecular weight excluding hydrogens is 304 g/mol. The van der Waals surface area contributed by atoms with Crippen LogP contribution >= 0.6 is 15.9 Å². The van der Waals surface area contributed by atoms with E-state index in [4.69, 9.17) is 0 Å². The minimum atomic E-state index is -3.24. The second kappa shape index (κ2) is 6.49. The summed E-state index contributed by atoms with van der Waals surface area (Å²) in [5.74, 6) is 0.0138. The monoisotopic (exact) mass is 320 g/mol. The second-order valence-corrected chi connectivity index (χ2v) is 6.81. The fourth-order valence-corrected chi connectivity index (χ4v) is 2.89. The number of nitrogens with one attached hydrogen (secondary N) is 1. The van der Waals surface area contributed by atoms with Crippen molar-refractivity contribution in [2.45, 2.75) is 5.75 Å². The van der Waals surface area contributed by atoms with Gasteiger partial charge in [-0.1, -0.05) is 28.1 Å². The Hall–Kier alpha value is -0.430. The van der Waals surface area contributed by atoms with Crippen LogP contribution in [0.15, 0.2) is 28.7 Å². The van der Waals surface area contributed by atoms with Crippen LogP contribution in [0.2, 0.25) is 0 Å². The van der Waals surface area contributed by atoms with E-state index in [-0.39, 0.29) is 5.75 Å². The Morgan fingerprint density at radius 2 is 2.06 bits per heavy atom. The number of hydrogen-bond acceptors (Lipinski definition) is 3. The fraction of sp³-hybridized carbons (Fsp3) is 0.455. The number of sulfonamides is 1. The molecule has 0 radical (unpaired) electrons. The molecule has 6 heteroatoms. The highest BCUT2D eigenvalue weighted by atomic mass is 79.9. The molecule has 0 saturated carbocycles. The SMILES string of the molecule is CN(C)CCNS(=O)(=O)Cc1cccc(Br)c1. The third kappa shape index (κ3) is 6.16. The first-order chi connectivity index (χ1) is 7.89. The van der Waals surface area contributed by atoms with E-state index in [0.717, 1.165) is 10.0 Å². The van der Waals surface area contributed by atoms with Crippen LogP contribution in [-0.2, 0) is 15.8 Å². The van der Waals surface area contributed by atoms with Gasteiger partial charge in [0.25, 0.3) is 0 Å². The maximum absolute atomic E-state index is 11.7. The largest absolute Gasteiger partial charge is 0.308 e. The van der Waals surface area contributed by atoms with Crippen molar-refractivity contribution in [2.24, 2.45) is 0 Å². The lowest BCUT2D eigenvalue weighted by Gasteiger charge is -2.11. The van der Waals surface area contributed by atoms with E-state index in [2.05, 4.69) is 20.7 Å². The van der Waals surface area contributed by atoms with E-state index >= 15 is 0 Å². The quantitative estimate of drug-likeness (QED) is 0.862. The zero-order valence-corrected chi connectivity index (χ0v) is 12.4. The topological polar surface area (TPSA) is 49.4 Å². The van der Waals surface area contributed by atoms with E-state index in [0.29, 0.717) is 13.1 Å². The average Bonchev–Trinajstić information content (AvgIpc) is 2.15. The predicted molar refractivity (Wildman–Crippen MR) is 73.3 cm³/mol. The molecule has 0 amide bonds. The van der Waals surface area contributed by atoms with Crippen molar-refractivity contribution in [3.63, 3.8) is 0 Å². The predicted octanol–water partition coefficient (Wildman–Crippen LogP) is 1.43. The maximum Gasteiger partial charge on any atom is 0.215 e. The van der Waals surface area contributed by atoms with Gasteiger partial charge in [0.15, 0.2) is 0 Å². The summed E-state index contributed by atoms with van der Waals surface area (Å²) in [6.07, 6.45) is 0. The lowest BCUT2D eigenvalue weighted by molar-refractivity contribution is 0.412. The molecule has 0 saturated heterocycles. The molecule has 0 atom stereocenters. The van der Waals surface area contributed by atoms with E-state index < -0.39 is 10.0 Å². The van der Waals surface area contributed by atoms with Crippen LogP contribution in [0.3, 0.4) is 0 Å². The zero-order valence-electron chi connectivity index (χ0n) is 9.98. The van der Waals surface area contributed by atoms with Crippen LogP contribution in [0, 0.1) is 0 Å². The highest BCUT2D eigenvalue weighted by Gasteiger charge is 2.10. The van der Waals surface area contributed by atoms with Crippen molar-refractivity contribution < 1.29 is 8.42 Å². The maximum atomic E-state index is 11.7. The van der Waals surface area contributed by atoms with Crippen molar-refractivity contribution in [1.29, 1.82) is 0 Å². The van der Waals surface area contributed by atoms with E-state index in [9.17, 15) is 8.42 Å². The van der Waals surface area contributed by atoms with Gasteiger partial charge < -0.3 is 4.90 Å². The summed E-state index contributed by atoms with van der Waals surface area (Å²) in [4.78, 5) is 1.93. The Balaban J connectivity index is 2.55. The summed E-state index contributed by atoms with van der Waals surface area (Å²) < 4.78 is 27.0. The van der Waals surface area contributed by atoms with Gasteiger partial charge in [0.1, 0.15) is 0 Å². The highest BCUT2D eigenvalue weighted by molar-refractivity contribution is 9.10. The van der Waals surface area contributed by atoms with Gasteiger partial charge in [-0.3, -0.25) is 0 Å². The minimum Gasteiger partial charge on any atom is -0.308 e. The van der Waals surface area contributed by atoms with Crippen molar-refractivity contribution in [3.8, 4) is 0 Å². The van der Waals surface area contributed by atoms with Gasteiger partial charge in [-0.25, -0.2) is 13.1 Å². The van der Waals surface area contributed by atoms with Crippen LogP contribution in [-0.4, -0.2) is 40.5 Å². The van der Waals surface area contributed by atoms with Crippen LogP contribution in [0.5, 0.6) is 0 Å². The van der Waals surface area contributed by atoms with E-state index in [1.54, 1.807) is 6.07 Å². The lowest BCUT2D eigenvalue weighted by Crippen LogP contribution is -2.32. The molecule has 0 spiro atoms. The molecular formula is C11H17BrN2O2S. The van der Waals surface area contributed by atoms with Gasteiger partial charge in [-0.15, -0.1) is 0 Å². The average molecular weight is 321 g/mol. The molecule has 0 aliphatic carbocycles. The van der Waals surface area contributed by atoms with E-state index in [1.807, 2.05) is 37.2 Å². The van der Waals surface area contributed by atoms with Crippen LogP contribution in [0.1, 0.15) is 5.56 Å². The molecule has 1 aromatic rings. The Morgan fingerprint density at radius 3 is 2.65 bits per heavy atom. The standard InChI is InChI=1S/C11H17BrN2O2S/c1-14(2)7-6-13-17(15,16)9-10-4-3-5-11(12)8-10/h3-5,8,13H,6-7,9H2,1-2H3. The lowest BCUT2D eigenvalue weighted by atomic mass is 10.2. The third-order valence-corrected chi connectivity index (χ3v) is 3.98. The molecule has 0 unspecified atom stereocenters. The zero-order chi connectivity index (χ0) is 12.9. The summed E-state index contributed by atoms with van der Waals surface area (Å²) in [6, 6.07) is 7.31. The smallest absolute Gasteiger partial charge is 0.215 e. The van der Waals surface area contributed by atoms with Crippen LogP contribution < -0.4 is 4.72 Å². The minimum absolute atomic E-state index is 0.0138.